The van der Waals surface area contributed by atoms with Crippen LogP contribution in [-0.4, -0.2) is 52.9 Å². The smallest absolute Gasteiger partial charge is 0.274 e. The number of rotatable bonds is 3. The zero-order chi connectivity index (χ0) is 17.2. The molecule has 2 saturated heterocycles. The van der Waals surface area contributed by atoms with Crippen LogP contribution in [0.3, 0.4) is 0 Å². The highest BCUT2D eigenvalue weighted by Crippen LogP contribution is 2.27. The van der Waals surface area contributed by atoms with E-state index >= 15 is 0 Å². The van der Waals surface area contributed by atoms with E-state index in [0.29, 0.717) is 24.8 Å². The molecule has 1 amide bonds. The minimum atomic E-state index is -0.0522. The Morgan fingerprint density at radius 2 is 2.32 bits per heavy atom. The average Bonchev–Trinajstić information content (AvgIpc) is 3.33. The quantitative estimate of drug-likeness (QED) is 0.914. The van der Waals surface area contributed by atoms with Crippen LogP contribution in [0.5, 0.6) is 0 Å². The molecule has 6 nitrogen and oxygen atoms in total. The van der Waals surface area contributed by atoms with Crippen molar-refractivity contribution >= 4 is 17.2 Å². The molecule has 0 radical (unpaired) electrons. The molecule has 134 valence electrons. The second-order valence-corrected chi connectivity index (χ2v) is 7.66. The topological polar surface area (TPSA) is 59.4 Å². The van der Waals surface area contributed by atoms with E-state index in [4.69, 9.17) is 4.74 Å². The maximum Gasteiger partial charge on any atom is 0.274 e. The number of nitrogens with zero attached hydrogens (tertiary/aromatic N) is 3. The Labute approximate surface area is 151 Å². The summed E-state index contributed by atoms with van der Waals surface area (Å²) in [7, 11) is 0. The monoisotopic (exact) mass is 360 g/mol. The Bertz CT molecular complexity index is 708. The Balaban J connectivity index is 1.47. The van der Waals surface area contributed by atoms with Crippen molar-refractivity contribution in [3.63, 3.8) is 0 Å². The van der Waals surface area contributed by atoms with E-state index in [9.17, 15) is 4.79 Å². The molecule has 2 fully saturated rings. The first-order valence-corrected chi connectivity index (χ1v) is 9.87. The van der Waals surface area contributed by atoms with Gasteiger partial charge in [-0.15, -0.1) is 0 Å². The third kappa shape index (κ3) is 3.63. The van der Waals surface area contributed by atoms with Crippen molar-refractivity contribution in [1.29, 1.82) is 0 Å². The van der Waals surface area contributed by atoms with E-state index in [0.717, 1.165) is 31.5 Å². The fourth-order valence-electron chi connectivity index (χ4n) is 3.64. The molecular weight excluding hydrogens is 336 g/mol. The van der Waals surface area contributed by atoms with Crippen LogP contribution in [0.2, 0.25) is 0 Å². The van der Waals surface area contributed by atoms with Crippen LogP contribution in [-0.2, 0) is 4.74 Å². The van der Waals surface area contributed by atoms with Gasteiger partial charge in [-0.3, -0.25) is 9.48 Å². The van der Waals surface area contributed by atoms with Crippen LogP contribution in [0.1, 0.15) is 48.0 Å². The second kappa shape index (κ2) is 7.27. The summed E-state index contributed by atoms with van der Waals surface area (Å²) in [5.74, 6) is -0.00195. The summed E-state index contributed by atoms with van der Waals surface area (Å²) in [5, 5.41) is 12.1. The minimum Gasteiger partial charge on any atom is -0.367 e. The zero-order valence-corrected chi connectivity index (χ0v) is 15.2. The number of nitrogens with one attached hydrogen (secondary N) is 1. The summed E-state index contributed by atoms with van der Waals surface area (Å²) in [6.45, 7) is 5.20. The lowest BCUT2D eigenvalue weighted by Gasteiger charge is -2.36. The molecule has 3 unspecified atom stereocenters. The summed E-state index contributed by atoms with van der Waals surface area (Å²) >= 11 is 1.65. The number of hydrogen-bond acceptors (Lipinski definition) is 5. The van der Waals surface area contributed by atoms with Crippen molar-refractivity contribution in [3.8, 4) is 0 Å². The first-order valence-electron chi connectivity index (χ1n) is 8.93. The van der Waals surface area contributed by atoms with E-state index in [2.05, 4.69) is 21.9 Å². The van der Waals surface area contributed by atoms with Gasteiger partial charge in [0.15, 0.2) is 0 Å². The predicted octanol–water partition coefficient (Wildman–Crippen LogP) is 2.47. The van der Waals surface area contributed by atoms with Crippen molar-refractivity contribution in [3.05, 3.63) is 40.3 Å². The van der Waals surface area contributed by atoms with Gasteiger partial charge in [0.25, 0.3) is 5.91 Å². The average molecular weight is 360 g/mol. The van der Waals surface area contributed by atoms with Gasteiger partial charge in [0.1, 0.15) is 11.8 Å². The number of carbonyl (C=O) groups is 1. The van der Waals surface area contributed by atoms with E-state index in [-0.39, 0.29) is 18.1 Å². The van der Waals surface area contributed by atoms with Gasteiger partial charge >= 0.3 is 0 Å². The lowest BCUT2D eigenvalue weighted by atomic mass is 10.1. The number of amides is 1. The molecule has 4 rings (SSSR count). The molecule has 0 aliphatic carbocycles. The maximum atomic E-state index is 12.9. The van der Waals surface area contributed by atoms with Crippen LogP contribution in [0, 0.1) is 0 Å². The van der Waals surface area contributed by atoms with Crippen LogP contribution in [0.15, 0.2) is 29.1 Å². The molecule has 0 spiro atoms. The van der Waals surface area contributed by atoms with Crippen LogP contribution < -0.4 is 5.32 Å². The van der Waals surface area contributed by atoms with Gasteiger partial charge in [0.2, 0.25) is 0 Å². The summed E-state index contributed by atoms with van der Waals surface area (Å²) in [5.41, 5.74) is 1.68. The molecule has 3 atom stereocenters. The summed E-state index contributed by atoms with van der Waals surface area (Å²) in [4.78, 5) is 14.8. The number of thiophene rings is 1. The molecule has 25 heavy (non-hydrogen) atoms. The molecule has 0 aromatic carbocycles. The molecule has 7 heteroatoms. The lowest BCUT2D eigenvalue weighted by molar-refractivity contribution is -0.0691. The zero-order valence-electron chi connectivity index (χ0n) is 14.4. The number of piperidine rings is 1. The molecule has 2 aliphatic heterocycles. The molecule has 1 N–H and O–H groups in total. The summed E-state index contributed by atoms with van der Waals surface area (Å²) in [6.07, 6.45) is 4.16. The standard InChI is InChI=1S/C18H24N4O2S/c1-13-10-21(11-17(24-13)14-5-8-25-12-14)18(23)16-4-7-22(20-16)15-3-2-6-19-9-15/h4-5,7-8,12-13,15,17,19H,2-3,6,9-11H2,1H3. The predicted molar refractivity (Wildman–Crippen MR) is 96.9 cm³/mol. The van der Waals surface area contributed by atoms with Gasteiger partial charge in [0.05, 0.1) is 18.7 Å². The molecule has 2 aromatic rings. The highest BCUT2D eigenvalue weighted by Gasteiger charge is 2.31. The lowest BCUT2D eigenvalue weighted by Crippen LogP contribution is -2.46. The first-order chi connectivity index (χ1) is 12.2. The normalized spacial score (nSPS) is 27.4. The Hall–Kier alpha value is -1.70. The first kappa shape index (κ1) is 16.8. The fourth-order valence-corrected chi connectivity index (χ4v) is 4.34. The largest absolute Gasteiger partial charge is 0.367 e. The second-order valence-electron chi connectivity index (χ2n) is 6.88. The molecule has 4 heterocycles. The van der Waals surface area contributed by atoms with Gasteiger partial charge in [-0.05, 0) is 54.8 Å². The molecule has 2 aliphatic rings. The highest BCUT2D eigenvalue weighted by atomic mass is 32.1. The minimum absolute atomic E-state index is 0.00195. The van der Waals surface area contributed by atoms with E-state index in [1.54, 1.807) is 11.3 Å². The van der Waals surface area contributed by atoms with Crippen molar-refractivity contribution in [1.82, 2.24) is 20.0 Å². The van der Waals surface area contributed by atoms with Crippen molar-refractivity contribution < 1.29 is 9.53 Å². The van der Waals surface area contributed by atoms with Crippen LogP contribution in [0.25, 0.3) is 0 Å². The van der Waals surface area contributed by atoms with E-state index < -0.39 is 0 Å². The van der Waals surface area contributed by atoms with Crippen molar-refractivity contribution in [2.75, 3.05) is 26.2 Å². The molecule has 0 bridgehead atoms. The van der Waals surface area contributed by atoms with Crippen molar-refractivity contribution in [2.24, 2.45) is 0 Å². The van der Waals surface area contributed by atoms with Crippen LogP contribution in [0.4, 0.5) is 0 Å². The van der Waals surface area contributed by atoms with E-state index in [1.807, 2.05) is 34.1 Å². The Kier molecular flexibility index (Phi) is 4.87. The number of ether oxygens (including phenoxy) is 1. The van der Waals surface area contributed by atoms with Crippen molar-refractivity contribution in [2.45, 2.75) is 38.0 Å². The fraction of sp³-hybridized carbons (Fsp3) is 0.556. The third-order valence-electron chi connectivity index (χ3n) is 4.93. The number of carbonyl (C=O) groups excluding carboxylic acids is 1. The van der Waals surface area contributed by atoms with Crippen LogP contribution >= 0.6 is 11.3 Å². The number of hydrogen-bond donors (Lipinski definition) is 1. The Morgan fingerprint density at radius 3 is 3.08 bits per heavy atom. The van der Waals surface area contributed by atoms with E-state index in [1.165, 1.54) is 0 Å². The SMILES string of the molecule is CC1CN(C(=O)c2ccn(C3CCCNC3)n2)CC(c2ccsc2)O1. The third-order valence-corrected chi connectivity index (χ3v) is 5.64. The van der Waals surface area contributed by atoms with Gasteiger partial charge in [-0.25, -0.2) is 0 Å². The van der Waals surface area contributed by atoms with Gasteiger partial charge < -0.3 is 15.0 Å². The van der Waals surface area contributed by atoms with Gasteiger partial charge in [-0.1, -0.05) is 0 Å². The Morgan fingerprint density at radius 1 is 1.40 bits per heavy atom. The number of aromatic nitrogens is 2. The van der Waals surface area contributed by atoms with Gasteiger partial charge in [0, 0.05) is 19.3 Å². The molecule has 0 saturated carbocycles. The number of morpholine rings is 1. The molecular formula is C18H24N4O2S. The summed E-state index contributed by atoms with van der Waals surface area (Å²) in [6, 6.07) is 4.26. The maximum absolute atomic E-state index is 12.9. The summed E-state index contributed by atoms with van der Waals surface area (Å²) < 4.78 is 7.97. The highest BCUT2D eigenvalue weighted by molar-refractivity contribution is 7.07. The molecule has 2 aromatic heterocycles. The van der Waals surface area contributed by atoms with Gasteiger partial charge in [-0.2, -0.15) is 16.4 Å².